The molecule has 2 atom stereocenters. The minimum Gasteiger partial charge on any atom is -0.462 e. The molecule has 0 saturated carbocycles. The fourth-order valence-electron chi connectivity index (χ4n) is 3.03. The van der Waals surface area contributed by atoms with Crippen LogP contribution in [-0.4, -0.2) is 30.3 Å². The number of carbonyl (C=O) groups excluding carboxylic acids is 2. The van der Waals surface area contributed by atoms with Crippen molar-refractivity contribution in [3.63, 3.8) is 0 Å². The Balaban J connectivity index is 2.51. The van der Waals surface area contributed by atoms with Gasteiger partial charge in [0.05, 0.1) is 5.66 Å². The van der Waals surface area contributed by atoms with Gasteiger partial charge in [0.1, 0.15) is 12.7 Å². The third-order valence-corrected chi connectivity index (χ3v) is 7.66. The molecule has 5 nitrogen and oxygen atoms in total. The zero-order valence-electron chi connectivity index (χ0n) is 17.4. The van der Waals surface area contributed by atoms with Crippen LogP contribution in [0.25, 0.3) is 0 Å². The molecular formula is C24H27O5P. The molecule has 0 aliphatic heterocycles. The lowest BCUT2D eigenvalue weighted by atomic mass is 10.3. The van der Waals surface area contributed by atoms with Crippen molar-refractivity contribution in [2.45, 2.75) is 32.5 Å². The molecule has 0 unspecified atom stereocenters. The van der Waals surface area contributed by atoms with Crippen LogP contribution in [-0.2, 0) is 23.6 Å². The maximum Gasteiger partial charge on any atom is 0.303 e. The standard InChI is InChI=1S/C24H27O5P/c1-19(29-21(3)26)16-17-24(15-10-18-28-20(2)25)30(27,22-11-6-4-7-12-22)23-13-8-5-9-14-23/h4-17,19,24H,18H2,1-3H3/b15-10+,17-16+/t19-,24-/m0/s1. The van der Waals surface area contributed by atoms with Gasteiger partial charge in [-0.25, -0.2) is 0 Å². The Morgan fingerprint density at radius 2 is 1.40 bits per heavy atom. The predicted octanol–water partition coefficient (Wildman–Crippen LogP) is 4.00. The van der Waals surface area contributed by atoms with Gasteiger partial charge in [-0.2, -0.15) is 0 Å². The van der Waals surface area contributed by atoms with Gasteiger partial charge < -0.3 is 14.0 Å². The summed E-state index contributed by atoms with van der Waals surface area (Å²) in [6.45, 7) is 4.51. The zero-order valence-corrected chi connectivity index (χ0v) is 18.3. The molecule has 0 aliphatic rings. The number of esters is 2. The molecule has 0 aliphatic carbocycles. The molecule has 6 heteroatoms. The van der Waals surface area contributed by atoms with Crippen LogP contribution >= 0.6 is 7.14 Å². The topological polar surface area (TPSA) is 69.7 Å². The van der Waals surface area contributed by atoms with Crippen LogP contribution in [0.2, 0.25) is 0 Å². The fraction of sp³-hybridized carbons (Fsp3) is 0.250. The van der Waals surface area contributed by atoms with Crippen molar-refractivity contribution in [1.82, 2.24) is 0 Å². The highest BCUT2D eigenvalue weighted by molar-refractivity contribution is 7.79. The van der Waals surface area contributed by atoms with Crippen molar-refractivity contribution in [2.24, 2.45) is 0 Å². The number of carbonyl (C=O) groups is 2. The van der Waals surface area contributed by atoms with E-state index in [2.05, 4.69) is 0 Å². The first-order valence-electron chi connectivity index (χ1n) is 9.70. The second kappa shape index (κ2) is 11.3. The van der Waals surface area contributed by atoms with E-state index >= 15 is 0 Å². The number of benzene rings is 2. The number of hydrogen-bond acceptors (Lipinski definition) is 5. The third-order valence-electron chi connectivity index (χ3n) is 4.35. The average Bonchev–Trinajstić information content (AvgIpc) is 2.73. The summed E-state index contributed by atoms with van der Waals surface area (Å²) in [5, 5.41) is 1.42. The summed E-state index contributed by atoms with van der Waals surface area (Å²) in [4.78, 5) is 22.3. The molecule has 0 heterocycles. The van der Waals surface area contributed by atoms with Gasteiger partial charge in [-0.3, -0.25) is 9.59 Å². The Bertz CT molecular complexity index is 891. The number of rotatable bonds is 9. The van der Waals surface area contributed by atoms with Gasteiger partial charge in [0.25, 0.3) is 0 Å². The molecule has 158 valence electrons. The molecule has 0 amide bonds. The lowest BCUT2D eigenvalue weighted by Crippen LogP contribution is -2.24. The summed E-state index contributed by atoms with van der Waals surface area (Å²) in [6.07, 6.45) is 6.51. The summed E-state index contributed by atoms with van der Waals surface area (Å²) in [6, 6.07) is 18.6. The minimum absolute atomic E-state index is 0.0861. The van der Waals surface area contributed by atoms with Gasteiger partial charge in [-0.15, -0.1) is 0 Å². The molecule has 2 aromatic rings. The maximum absolute atomic E-state index is 14.6. The number of hydrogen-bond donors (Lipinski definition) is 0. The van der Waals surface area contributed by atoms with Crippen molar-refractivity contribution in [3.05, 3.63) is 85.0 Å². The van der Waals surface area contributed by atoms with E-state index in [9.17, 15) is 14.2 Å². The van der Waals surface area contributed by atoms with Gasteiger partial charge >= 0.3 is 11.9 Å². The largest absolute Gasteiger partial charge is 0.462 e. The van der Waals surface area contributed by atoms with Crippen LogP contribution in [0.1, 0.15) is 20.8 Å². The average molecular weight is 426 g/mol. The lowest BCUT2D eigenvalue weighted by Gasteiger charge is -2.25. The normalized spacial score (nSPS) is 13.8. The van der Waals surface area contributed by atoms with Crippen LogP contribution in [0.3, 0.4) is 0 Å². The molecule has 2 rings (SSSR count). The quantitative estimate of drug-likeness (QED) is 0.344. The van der Waals surface area contributed by atoms with E-state index < -0.39 is 18.9 Å². The summed E-state index contributed by atoms with van der Waals surface area (Å²) in [7, 11) is -3.14. The van der Waals surface area contributed by atoms with Gasteiger partial charge in [0, 0.05) is 24.5 Å². The Morgan fingerprint density at radius 3 is 1.87 bits per heavy atom. The summed E-state index contributed by atoms with van der Waals surface area (Å²) < 4.78 is 24.7. The predicted molar refractivity (Wildman–Crippen MR) is 120 cm³/mol. The second-order valence-electron chi connectivity index (χ2n) is 6.75. The fourth-order valence-corrected chi connectivity index (χ4v) is 5.95. The van der Waals surface area contributed by atoms with E-state index in [0.29, 0.717) is 10.6 Å². The smallest absolute Gasteiger partial charge is 0.303 e. The number of ether oxygens (including phenoxy) is 2. The Kier molecular flexibility index (Phi) is 8.82. The van der Waals surface area contributed by atoms with Crippen LogP contribution in [0, 0.1) is 0 Å². The molecule has 0 N–H and O–H groups in total. The first kappa shape index (κ1) is 23.4. The van der Waals surface area contributed by atoms with Crippen LogP contribution in [0.15, 0.2) is 85.0 Å². The molecule has 30 heavy (non-hydrogen) atoms. The highest BCUT2D eigenvalue weighted by atomic mass is 31.2. The molecule has 0 radical (unpaired) electrons. The van der Waals surface area contributed by atoms with Gasteiger partial charge in [-0.1, -0.05) is 78.9 Å². The lowest BCUT2D eigenvalue weighted by molar-refractivity contribution is -0.143. The molecule has 0 fully saturated rings. The van der Waals surface area contributed by atoms with Crippen molar-refractivity contribution < 1.29 is 23.6 Å². The highest BCUT2D eigenvalue weighted by Gasteiger charge is 2.33. The molecule has 2 aromatic carbocycles. The van der Waals surface area contributed by atoms with Crippen molar-refractivity contribution in [3.8, 4) is 0 Å². The van der Waals surface area contributed by atoms with Crippen molar-refractivity contribution in [1.29, 1.82) is 0 Å². The summed E-state index contributed by atoms with van der Waals surface area (Å²) in [5.74, 6) is -0.770. The van der Waals surface area contributed by atoms with E-state index in [1.54, 1.807) is 31.2 Å². The van der Waals surface area contributed by atoms with Crippen molar-refractivity contribution in [2.75, 3.05) is 6.61 Å². The molecule has 0 spiro atoms. The molecule has 0 saturated heterocycles. The highest BCUT2D eigenvalue weighted by Crippen LogP contribution is 2.49. The molecule has 0 bridgehead atoms. The maximum atomic E-state index is 14.6. The Hall–Kier alpha value is -2.91. The van der Waals surface area contributed by atoms with E-state index in [0.717, 1.165) is 0 Å². The zero-order chi connectivity index (χ0) is 22.0. The van der Waals surface area contributed by atoms with Gasteiger partial charge in [0.15, 0.2) is 7.14 Å². The van der Waals surface area contributed by atoms with Crippen LogP contribution in [0.5, 0.6) is 0 Å². The van der Waals surface area contributed by atoms with Crippen LogP contribution in [0.4, 0.5) is 0 Å². The molecular weight excluding hydrogens is 399 g/mol. The van der Waals surface area contributed by atoms with Crippen LogP contribution < -0.4 is 10.6 Å². The second-order valence-corrected chi connectivity index (χ2v) is 9.69. The monoisotopic (exact) mass is 426 g/mol. The summed E-state index contributed by atoms with van der Waals surface area (Å²) in [5.41, 5.74) is -0.518. The third kappa shape index (κ3) is 6.57. The first-order valence-corrected chi connectivity index (χ1v) is 11.5. The minimum atomic E-state index is -3.14. The van der Waals surface area contributed by atoms with Crippen molar-refractivity contribution >= 4 is 29.7 Å². The SMILES string of the molecule is CC(=O)OC/C=C/[C@@H](/C=C/[C@H](C)OC(C)=O)P(=O)(c1ccccc1)c1ccccc1. The van der Waals surface area contributed by atoms with E-state index in [-0.39, 0.29) is 18.5 Å². The van der Waals surface area contributed by atoms with Gasteiger partial charge in [-0.05, 0) is 13.0 Å². The van der Waals surface area contributed by atoms with Gasteiger partial charge in [0.2, 0.25) is 0 Å². The first-order chi connectivity index (χ1) is 14.3. The van der Waals surface area contributed by atoms with E-state index in [4.69, 9.17) is 9.47 Å². The Morgan fingerprint density at radius 1 is 0.867 bits per heavy atom. The Labute approximate surface area is 177 Å². The summed E-state index contributed by atoms with van der Waals surface area (Å²) >= 11 is 0. The van der Waals surface area contributed by atoms with E-state index in [1.165, 1.54) is 13.8 Å². The molecule has 0 aromatic heterocycles. The number of allylic oxidation sites excluding steroid dienone is 2. The van der Waals surface area contributed by atoms with E-state index in [1.807, 2.05) is 60.7 Å².